The smallest absolute Gasteiger partial charge is 0.418 e. The lowest BCUT2D eigenvalue weighted by atomic mass is 10.1. The van der Waals surface area contributed by atoms with Crippen LogP contribution in [0.4, 0.5) is 23.0 Å². The quantitative estimate of drug-likeness (QED) is 0.448. The number of rotatable bonds is 3. The fourth-order valence-corrected chi connectivity index (χ4v) is 3.13. The molecular formula is C18H25BF4N2O. The molecule has 0 bridgehead atoms. The van der Waals surface area contributed by atoms with Crippen LogP contribution in [0.1, 0.15) is 33.1 Å². The fraction of sp³-hybridized carbons (Fsp3) is 0.500. The second kappa shape index (κ2) is 9.10. The average Bonchev–Trinajstić information content (AvgIpc) is 2.61. The second-order valence-electron chi connectivity index (χ2n) is 6.21. The Morgan fingerprint density at radius 2 is 1.54 bits per heavy atom. The van der Waals surface area contributed by atoms with Crippen LogP contribution in [-0.2, 0) is 0 Å². The minimum Gasteiger partial charge on any atom is -0.418 e. The number of hydrogen-bond acceptors (Lipinski definition) is 2. The first-order chi connectivity index (χ1) is 12.3. The highest BCUT2D eigenvalue weighted by molar-refractivity contribution is 6.50. The Bertz CT molecular complexity index is 771. The molecule has 2 heterocycles. The van der Waals surface area contributed by atoms with Crippen LogP contribution in [0, 0.1) is 0 Å². The summed E-state index contributed by atoms with van der Waals surface area (Å²) in [4.78, 5) is 2.35. The SMILES string of the molecule is CCN(CC)c1ccc2ccc(=[N+]3CCCCC3)oc2c1.F[B-](F)(F)F. The maximum absolute atomic E-state index is 9.75. The van der Waals surface area contributed by atoms with Gasteiger partial charge < -0.3 is 26.6 Å². The predicted octanol–water partition coefficient (Wildman–Crippen LogP) is 4.54. The summed E-state index contributed by atoms with van der Waals surface area (Å²) in [5.74, 6) is 0. The Morgan fingerprint density at radius 1 is 0.962 bits per heavy atom. The molecule has 0 aliphatic carbocycles. The van der Waals surface area contributed by atoms with E-state index in [9.17, 15) is 17.3 Å². The summed E-state index contributed by atoms with van der Waals surface area (Å²) in [7, 11) is -6.00. The van der Waals surface area contributed by atoms with Crippen LogP contribution in [0.15, 0.2) is 34.7 Å². The zero-order valence-electron chi connectivity index (χ0n) is 15.2. The van der Waals surface area contributed by atoms with E-state index in [1.165, 1.54) is 30.3 Å². The number of fused-ring (bicyclic) bond motifs is 1. The first-order valence-electron chi connectivity index (χ1n) is 9.06. The topological polar surface area (TPSA) is 19.4 Å². The minimum atomic E-state index is -6.00. The van der Waals surface area contributed by atoms with Gasteiger partial charge in [0, 0.05) is 43.1 Å². The van der Waals surface area contributed by atoms with Gasteiger partial charge in [0.2, 0.25) is 0 Å². The van der Waals surface area contributed by atoms with Crippen molar-refractivity contribution in [3.05, 3.63) is 35.9 Å². The van der Waals surface area contributed by atoms with Crippen LogP contribution in [-0.4, -0.2) is 33.4 Å². The van der Waals surface area contributed by atoms with Gasteiger partial charge in [-0.1, -0.05) is 0 Å². The van der Waals surface area contributed by atoms with Crippen molar-refractivity contribution < 1.29 is 21.7 Å². The Labute approximate surface area is 151 Å². The number of benzene rings is 1. The van der Waals surface area contributed by atoms with Gasteiger partial charge in [-0.05, 0) is 38.5 Å². The number of anilines is 1. The van der Waals surface area contributed by atoms with Gasteiger partial charge in [-0.25, -0.2) is 0 Å². The van der Waals surface area contributed by atoms with E-state index in [0.29, 0.717) is 0 Å². The van der Waals surface area contributed by atoms with Crippen molar-refractivity contribution in [1.29, 1.82) is 0 Å². The molecule has 0 saturated carbocycles. The Kier molecular flexibility index (Phi) is 7.11. The van der Waals surface area contributed by atoms with Crippen LogP contribution < -0.4 is 15.0 Å². The lowest BCUT2D eigenvalue weighted by Crippen LogP contribution is -2.34. The lowest BCUT2D eigenvalue weighted by molar-refractivity contribution is 0.368. The lowest BCUT2D eigenvalue weighted by Gasteiger charge is -2.20. The van der Waals surface area contributed by atoms with Crippen molar-refractivity contribution in [3.8, 4) is 0 Å². The third kappa shape index (κ3) is 6.07. The van der Waals surface area contributed by atoms with Crippen LogP contribution in [0.25, 0.3) is 11.0 Å². The van der Waals surface area contributed by atoms with E-state index in [1.807, 2.05) is 0 Å². The third-order valence-electron chi connectivity index (χ3n) is 4.41. The average molecular weight is 372 g/mol. The summed E-state index contributed by atoms with van der Waals surface area (Å²) in [5, 5.41) is 1.17. The van der Waals surface area contributed by atoms with Gasteiger partial charge in [0.1, 0.15) is 18.7 Å². The van der Waals surface area contributed by atoms with E-state index in [-0.39, 0.29) is 0 Å². The van der Waals surface area contributed by atoms with E-state index in [2.05, 4.69) is 53.7 Å². The molecule has 0 spiro atoms. The normalized spacial score (nSPS) is 14.8. The van der Waals surface area contributed by atoms with E-state index >= 15 is 0 Å². The first-order valence-corrected chi connectivity index (χ1v) is 9.06. The molecule has 3 rings (SSSR count). The zero-order valence-corrected chi connectivity index (χ0v) is 15.2. The summed E-state index contributed by atoms with van der Waals surface area (Å²) in [5.41, 5.74) is 3.24. The largest absolute Gasteiger partial charge is 0.673 e. The Morgan fingerprint density at radius 3 is 2.12 bits per heavy atom. The van der Waals surface area contributed by atoms with Crippen molar-refractivity contribution >= 4 is 23.9 Å². The fourth-order valence-electron chi connectivity index (χ4n) is 3.13. The molecule has 1 aliphatic rings. The van der Waals surface area contributed by atoms with Crippen molar-refractivity contribution in [1.82, 2.24) is 4.58 Å². The second-order valence-corrected chi connectivity index (χ2v) is 6.21. The van der Waals surface area contributed by atoms with E-state index < -0.39 is 7.25 Å². The summed E-state index contributed by atoms with van der Waals surface area (Å²) in [6.45, 7) is 8.65. The van der Waals surface area contributed by atoms with Gasteiger partial charge in [0.05, 0.1) is 6.07 Å². The molecule has 2 aromatic rings. The van der Waals surface area contributed by atoms with Crippen molar-refractivity contribution in [2.24, 2.45) is 0 Å². The standard InChI is InChI=1S/C18H25N2O.BF4/c1-3-19(4-2)16-10-8-15-9-11-18(21-17(15)14-16)20-12-6-5-7-13-20;2-1(3,4)5/h8-11,14H,3-7,12-13H2,1-2H3;/q+1;-1. The van der Waals surface area contributed by atoms with E-state index in [1.54, 1.807) is 0 Å². The van der Waals surface area contributed by atoms with E-state index in [0.717, 1.165) is 37.3 Å². The summed E-state index contributed by atoms with van der Waals surface area (Å²) in [6.07, 6.45) is 3.89. The number of nitrogens with zero attached hydrogens (tertiary/aromatic N) is 2. The van der Waals surface area contributed by atoms with Crippen molar-refractivity contribution in [2.75, 3.05) is 31.1 Å². The molecular weight excluding hydrogens is 347 g/mol. The van der Waals surface area contributed by atoms with Crippen molar-refractivity contribution in [3.63, 3.8) is 0 Å². The van der Waals surface area contributed by atoms with Crippen LogP contribution >= 0.6 is 0 Å². The predicted molar refractivity (Wildman–Crippen MR) is 98.8 cm³/mol. The molecule has 0 atom stereocenters. The summed E-state index contributed by atoms with van der Waals surface area (Å²) in [6, 6.07) is 10.8. The first kappa shape index (κ1) is 20.3. The van der Waals surface area contributed by atoms with Gasteiger partial charge in [-0.3, -0.25) is 0 Å². The summed E-state index contributed by atoms with van der Waals surface area (Å²) < 4.78 is 47.5. The molecule has 1 aromatic carbocycles. The number of halogens is 4. The molecule has 26 heavy (non-hydrogen) atoms. The highest BCUT2D eigenvalue weighted by atomic mass is 19.5. The van der Waals surface area contributed by atoms with Crippen LogP contribution in [0.3, 0.4) is 0 Å². The van der Waals surface area contributed by atoms with Crippen LogP contribution in [0.5, 0.6) is 0 Å². The maximum Gasteiger partial charge on any atom is 0.673 e. The van der Waals surface area contributed by atoms with Gasteiger partial charge in [-0.15, -0.1) is 0 Å². The van der Waals surface area contributed by atoms with Crippen LogP contribution in [0.2, 0.25) is 0 Å². The van der Waals surface area contributed by atoms with Gasteiger partial charge >= 0.3 is 12.8 Å². The van der Waals surface area contributed by atoms with E-state index in [4.69, 9.17) is 4.42 Å². The zero-order chi connectivity index (χ0) is 19.2. The molecule has 1 aliphatic heterocycles. The van der Waals surface area contributed by atoms with Gasteiger partial charge in [-0.2, -0.15) is 4.58 Å². The minimum absolute atomic E-state index is 0.988. The molecule has 1 aromatic heterocycles. The molecule has 8 heteroatoms. The van der Waals surface area contributed by atoms with Crippen molar-refractivity contribution in [2.45, 2.75) is 33.1 Å². The Balaban J connectivity index is 0.000000431. The molecule has 3 nitrogen and oxygen atoms in total. The molecule has 0 amide bonds. The highest BCUT2D eigenvalue weighted by Crippen LogP contribution is 2.21. The monoisotopic (exact) mass is 372 g/mol. The van der Waals surface area contributed by atoms with Gasteiger partial charge in [0.15, 0.2) is 0 Å². The molecule has 0 radical (unpaired) electrons. The maximum atomic E-state index is 9.75. The third-order valence-corrected chi connectivity index (χ3v) is 4.41. The molecule has 1 fully saturated rings. The molecule has 0 N–H and O–H groups in total. The Hall–Kier alpha value is -1.99. The molecule has 0 unspecified atom stereocenters. The summed E-state index contributed by atoms with van der Waals surface area (Å²) >= 11 is 0. The molecule has 144 valence electrons. The number of hydrogen-bond donors (Lipinski definition) is 0. The molecule has 1 saturated heterocycles. The number of piperidine rings is 1. The van der Waals surface area contributed by atoms with Gasteiger partial charge in [0.25, 0.3) is 0 Å². The highest BCUT2D eigenvalue weighted by Gasteiger charge is 2.20.